The predicted octanol–water partition coefficient (Wildman–Crippen LogP) is 0.782. The van der Waals surface area contributed by atoms with E-state index in [4.69, 9.17) is 9.29 Å². The summed E-state index contributed by atoms with van der Waals surface area (Å²) < 4.78 is 37.1. The van der Waals surface area contributed by atoms with Gasteiger partial charge in [0.2, 0.25) is 0 Å². The molecule has 23 heavy (non-hydrogen) atoms. The van der Waals surface area contributed by atoms with Crippen LogP contribution in [0.3, 0.4) is 0 Å². The Labute approximate surface area is 158 Å². The van der Waals surface area contributed by atoms with Gasteiger partial charge in [-0.2, -0.15) is 8.42 Å². The van der Waals surface area contributed by atoms with Crippen molar-refractivity contribution in [3.8, 4) is 5.75 Å². The molecule has 4 nitrogen and oxygen atoms in total. The van der Waals surface area contributed by atoms with Gasteiger partial charge in [-0.3, -0.25) is 4.55 Å². The average Bonchev–Trinajstić information content (AvgIpc) is 2.52. The Hall–Kier alpha value is -1.37. The average molecular weight is 338 g/mol. The molecule has 0 unspecified atom stereocenters. The van der Waals surface area contributed by atoms with Crippen molar-refractivity contribution in [2.45, 2.75) is 11.5 Å². The van der Waals surface area contributed by atoms with E-state index < -0.39 is 10.1 Å². The zero-order valence-electron chi connectivity index (χ0n) is 13.6. The van der Waals surface area contributed by atoms with E-state index in [9.17, 15) is 8.42 Å². The van der Waals surface area contributed by atoms with Gasteiger partial charge in [0.1, 0.15) is 12.4 Å². The molecule has 3 rings (SSSR count). The number of fused-ring (bicyclic) bond motifs is 1. The standard InChI is InChI=1S/C17H14O4S.Na.H/c18-22(19,20)17-9-7-14-10-16(8-6-15(14)11-17)21-12-13-4-2-1-3-5-13;;/h1-11H,12H2,(H,18,19,20);;/q;+1;-1. The van der Waals surface area contributed by atoms with Gasteiger partial charge in [-0.25, -0.2) is 0 Å². The summed E-state index contributed by atoms with van der Waals surface area (Å²) in [7, 11) is -4.18. The molecule has 0 fully saturated rings. The second kappa shape index (κ2) is 7.47. The molecule has 0 amide bonds. The van der Waals surface area contributed by atoms with E-state index in [1.165, 1.54) is 12.1 Å². The van der Waals surface area contributed by atoms with Crippen molar-refractivity contribution in [3.05, 3.63) is 72.3 Å². The first-order valence-electron chi connectivity index (χ1n) is 6.70. The first-order valence-corrected chi connectivity index (χ1v) is 8.14. The first kappa shape index (κ1) is 18.0. The summed E-state index contributed by atoms with van der Waals surface area (Å²) in [6, 6.07) is 19.7. The SMILES string of the molecule is O=S(=O)(O)c1ccc2cc(OCc3ccccc3)ccc2c1.[H-].[Na+]. The van der Waals surface area contributed by atoms with Crippen LogP contribution in [0.25, 0.3) is 10.8 Å². The fourth-order valence-corrected chi connectivity index (χ4v) is 2.71. The van der Waals surface area contributed by atoms with E-state index in [-0.39, 0.29) is 35.9 Å². The molecule has 0 aromatic heterocycles. The van der Waals surface area contributed by atoms with Crippen molar-refractivity contribution >= 4 is 20.9 Å². The molecule has 0 aliphatic carbocycles. The van der Waals surface area contributed by atoms with Crippen molar-refractivity contribution < 1.29 is 48.7 Å². The third kappa shape index (κ3) is 4.56. The molecule has 3 aromatic carbocycles. The summed E-state index contributed by atoms with van der Waals surface area (Å²) in [5.41, 5.74) is 1.07. The number of ether oxygens (including phenoxy) is 1. The summed E-state index contributed by atoms with van der Waals surface area (Å²) in [6.45, 7) is 0.468. The second-order valence-electron chi connectivity index (χ2n) is 4.92. The summed E-state index contributed by atoms with van der Waals surface area (Å²) >= 11 is 0. The molecule has 0 aliphatic rings. The Kier molecular flexibility index (Phi) is 5.84. The molecule has 3 aromatic rings. The summed E-state index contributed by atoms with van der Waals surface area (Å²) in [4.78, 5) is -0.113. The molecule has 0 atom stereocenters. The smallest absolute Gasteiger partial charge is 1.00 e. The predicted molar refractivity (Wildman–Crippen MR) is 85.6 cm³/mol. The third-order valence-electron chi connectivity index (χ3n) is 3.33. The topological polar surface area (TPSA) is 63.6 Å². The summed E-state index contributed by atoms with van der Waals surface area (Å²) in [5, 5.41) is 1.57. The minimum absolute atomic E-state index is 0. The Morgan fingerprint density at radius 1 is 0.913 bits per heavy atom. The molecule has 1 N–H and O–H groups in total. The molecule has 0 heterocycles. The number of hydrogen-bond acceptors (Lipinski definition) is 3. The van der Waals surface area contributed by atoms with Crippen LogP contribution in [-0.4, -0.2) is 13.0 Å². The maximum Gasteiger partial charge on any atom is 1.00 e. The zero-order chi connectivity index (χ0) is 15.6. The van der Waals surface area contributed by atoms with Gasteiger partial charge in [0, 0.05) is 0 Å². The molecular formula is C17H15NaO4S. The van der Waals surface area contributed by atoms with Crippen molar-refractivity contribution in [2.24, 2.45) is 0 Å². The van der Waals surface area contributed by atoms with Gasteiger partial charge >= 0.3 is 29.6 Å². The van der Waals surface area contributed by atoms with E-state index in [0.29, 0.717) is 12.4 Å². The van der Waals surface area contributed by atoms with Gasteiger partial charge < -0.3 is 6.16 Å². The quantitative estimate of drug-likeness (QED) is 0.564. The van der Waals surface area contributed by atoms with Crippen molar-refractivity contribution in [2.75, 3.05) is 0 Å². The van der Waals surface area contributed by atoms with Gasteiger partial charge in [-0.05, 0) is 40.6 Å². The maximum absolute atomic E-state index is 11.1. The Balaban J connectivity index is 0.00000144. The van der Waals surface area contributed by atoms with E-state index >= 15 is 0 Å². The van der Waals surface area contributed by atoms with E-state index in [1.807, 2.05) is 36.4 Å². The minimum atomic E-state index is -4.18. The molecule has 6 heteroatoms. The van der Waals surface area contributed by atoms with Gasteiger partial charge in [-0.15, -0.1) is 0 Å². The van der Waals surface area contributed by atoms with Crippen LogP contribution in [0.4, 0.5) is 0 Å². The van der Waals surface area contributed by atoms with Crippen LogP contribution < -0.4 is 34.3 Å². The molecule has 0 aliphatic heterocycles. The maximum atomic E-state index is 11.1. The molecular weight excluding hydrogens is 323 g/mol. The summed E-state index contributed by atoms with van der Waals surface area (Å²) in [5.74, 6) is 0.705. The molecule has 114 valence electrons. The second-order valence-corrected chi connectivity index (χ2v) is 6.34. The van der Waals surface area contributed by atoms with Gasteiger partial charge in [0.25, 0.3) is 10.1 Å². The minimum Gasteiger partial charge on any atom is -1.00 e. The van der Waals surface area contributed by atoms with E-state index in [1.54, 1.807) is 18.2 Å². The first-order chi connectivity index (χ1) is 10.5. The third-order valence-corrected chi connectivity index (χ3v) is 4.18. The summed E-state index contributed by atoms with van der Waals surface area (Å²) in [6.07, 6.45) is 0. The molecule has 0 radical (unpaired) electrons. The fraction of sp³-hybridized carbons (Fsp3) is 0.0588. The van der Waals surface area contributed by atoms with Crippen molar-refractivity contribution in [3.63, 3.8) is 0 Å². The largest absolute Gasteiger partial charge is 1.00 e. The molecule has 0 saturated carbocycles. The normalized spacial score (nSPS) is 11.0. The number of hydrogen-bond donors (Lipinski definition) is 1. The van der Waals surface area contributed by atoms with Crippen molar-refractivity contribution in [1.82, 2.24) is 0 Å². The van der Waals surface area contributed by atoms with Crippen molar-refractivity contribution in [1.29, 1.82) is 0 Å². The molecule has 0 saturated heterocycles. The van der Waals surface area contributed by atoms with Crippen LogP contribution >= 0.6 is 0 Å². The number of rotatable bonds is 4. The van der Waals surface area contributed by atoms with Crippen LogP contribution in [0.15, 0.2) is 71.6 Å². The van der Waals surface area contributed by atoms with E-state index in [0.717, 1.165) is 16.3 Å². The Bertz CT molecular complexity index is 914. The Morgan fingerprint density at radius 2 is 1.57 bits per heavy atom. The van der Waals surface area contributed by atoms with Gasteiger partial charge in [-0.1, -0.05) is 42.5 Å². The van der Waals surface area contributed by atoms with Gasteiger partial charge in [0.05, 0.1) is 4.90 Å². The van der Waals surface area contributed by atoms with E-state index in [2.05, 4.69) is 0 Å². The fourth-order valence-electron chi connectivity index (χ4n) is 2.19. The van der Waals surface area contributed by atoms with Crippen LogP contribution in [0, 0.1) is 0 Å². The number of benzene rings is 3. The zero-order valence-corrected chi connectivity index (χ0v) is 15.5. The monoisotopic (exact) mass is 338 g/mol. The Morgan fingerprint density at radius 3 is 2.26 bits per heavy atom. The van der Waals surface area contributed by atoms with Gasteiger partial charge in [0.15, 0.2) is 0 Å². The van der Waals surface area contributed by atoms with Crippen LogP contribution in [-0.2, 0) is 16.7 Å². The van der Waals surface area contributed by atoms with Crippen LogP contribution in [0.5, 0.6) is 5.75 Å². The van der Waals surface area contributed by atoms with Crippen LogP contribution in [0.1, 0.15) is 6.99 Å². The molecule has 0 spiro atoms. The molecule has 0 bridgehead atoms. The van der Waals surface area contributed by atoms with Crippen LogP contribution in [0.2, 0.25) is 0 Å².